The van der Waals surface area contributed by atoms with Crippen molar-refractivity contribution in [2.45, 2.75) is 12.9 Å². The molecule has 0 aromatic heterocycles. The maximum absolute atomic E-state index is 11.9. The van der Waals surface area contributed by atoms with Gasteiger partial charge in [0.2, 0.25) is 0 Å². The van der Waals surface area contributed by atoms with Crippen LogP contribution in [0.5, 0.6) is 5.75 Å². The second kappa shape index (κ2) is 5.58. The molecule has 0 fully saturated rings. The standard InChI is InChI=1S/C9H7F3N2O.ClH/c10-9(11,12)15-8-3-6(4-13)1-2-7(8)5-14;/h1-3H,5,14H2;1H. The molecule has 0 saturated heterocycles. The third kappa shape index (κ3) is 3.96. The third-order valence-electron chi connectivity index (χ3n) is 1.64. The highest BCUT2D eigenvalue weighted by molar-refractivity contribution is 5.85. The molecule has 88 valence electrons. The van der Waals surface area contributed by atoms with Crippen molar-refractivity contribution in [1.29, 1.82) is 5.26 Å². The van der Waals surface area contributed by atoms with Crippen LogP contribution in [-0.4, -0.2) is 6.36 Å². The molecule has 7 heteroatoms. The van der Waals surface area contributed by atoms with Crippen LogP contribution >= 0.6 is 12.4 Å². The van der Waals surface area contributed by atoms with Gasteiger partial charge in [0.25, 0.3) is 0 Å². The molecule has 0 bridgehead atoms. The van der Waals surface area contributed by atoms with E-state index in [1.807, 2.05) is 0 Å². The van der Waals surface area contributed by atoms with Crippen LogP contribution in [0.25, 0.3) is 0 Å². The molecule has 1 aromatic rings. The number of rotatable bonds is 2. The first-order valence-corrected chi connectivity index (χ1v) is 3.95. The third-order valence-corrected chi connectivity index (χ3v) is 1.64. The molecule has 2 N–H and O–H groups in total. The van der Waals surface area contributed by atoms with Gasteiger partial charge in [0.1, 0.15) is 5.75 Å². The van der Waals surface area contributed by atoms with Gasteiger partial charge in [-0.05, 0) is 12.1 Å². The number of hydrogen-bond donors (Lipinski definition) is 1. The van der Waals surface area contributed by atoms with Gasteiger partial charge in [-0.2, -0.15) is 5.26 Å². The zero-order chi connectivity index (χ0) is 11.5. The van der Waals surface area contributed by atoms with Crippen LogP contribution in [0.1, 0.15) is 11.1 Å². The van der Waals surface area contributed by atoms with Crippen molar-refractivity contribution < 1.29 is 17.9 Å². The maximum Gasteiger partial charge on any atom is 0.573 e. The first-order valence-electron chi connectivity index (χ1n) is 3.95. The fourth-order valence-corrected chi connectivity index (χ4v) is 1.01. The minimum absolute atomic E-state index is 0. The zero-order valence-corrected chi connectivity index (χ0v) is 8.73. The Labute approximate surface area is 96.0 Å². The molecule has 0 spiro atoms. The molecule has 0 aliphatic heterocycles. The van der Waals surface area contributed by atoms with E-state index in [4.69, 9.17) is 11.0 Å². The number of ether oxygens (including phenoxy) is 1. The van der Waals surface area contributed by atoms with Crippen molar-refractivity contribution in [2.24, 2.45) is 5.73 Å². The van der Waals surface area contributed by atoms with Gasteiger partial charge >= 0.3 is 6.36 Å². The Morgan fingerprint density at radius 1 is 1.38 bits per heavy atom. The molecule has 16 heavy (non-hydrogen) atoms. The van der Waals surface area contributed by atoms with Gasteiger partial charge in [0, 0.05) is 12.1 Å². The van der Waals surface area contributed by atoms with Gasteiger partial charge in [-0.25, -0.2) is 0 Å². The van der Waals surface area contributed by atoms with Crippen molar-refractivity contribution in [1.82, 2.24) is 0 Å². The van der Waals surface area contributed by atoms with E-state index < -0.39 is 12.1 Å². The number of nitrogens with two attached hydrogens (primary N) is 1. The average Bonchev–Trinajstić information content (AvgIpc) is 2.15. The van der Waals surface area contributed by atoms with E-state index in [1.165, 1.54) is 12.1 Å². The Kier molecular flexibility index (Phi) is 5.08. The van der Waals surface area contributed by atoms with Crippen molar-refractivity contribution in [2.75, 3.05) is 0 Å². The SMILES string of the molecule is Cl.N#Cc1ccc(CN)c(OC(F)(F)F)c1. The average molecular weight is 253 g/mol. The summed E-state index contributed by atoms with van der Waals surface area (Å²) in [6.07, 6.45) is -4.78. The van der Waals surface area contributed by atoms with E-state index in [0.717, 1.165) is 6.07 Å². The molecule has 0 saturated carbocycles. The van der Waals surface area contributed by atoms with Gasteiger partial charge in [0.05, 0.1) is 11.6 Å². The molecule has 0 aliphatic rings. The van der Waals surface area contributed by atoms with Crippen LogP contribution in [-0.2, 0) is 6.54 Å². The normalized spacial score (nSPS) is 10.2. The number of hydrogen-bond acceptors (Lipinski definition) is 3. The largest absolute Gasteiger partial charge is 0.573 e. The van der Waals surface area contributed by atoms with Crippen molar-refractivity contribution in [3.8, 4) is 11.8 Å². The number of alkyl halides is 3. The van der Waals surface area contributed by atoms with Crippen LogP contribution in [0, 0.1) is 11.3 Å². The Morgan fingerprint density at radius 3 is 2.44 bits per heavy atom. The minimum Gasteiger partial charge on any atom is -0.405 e. The van der Waals surface area contributed by atoms with E-state index in [2.05, 4.69) is 4.74 Å². The molecule has 0 atom stereocenters. The van der Waals surface area contributed by atoms with Crippen LogP contribution in [0.2, 0.25) is 0 Å². The summed E-state index contributed by atoms with van der Waals surface area (Å²) in [5, 5.41) is 8.51. The lowest BCUT2D eigenvalue weighted by atomic mass is 10.1. The summed E-state index contributed by atoms with van der Waals surface area (Å²) < 4.78 is 39.6. The van der Waals surface area contributed by atoms with E-state index in [0.29, 0.717) is 0 Å². The predicted molar refractivity (Wildman–Crippen MR) is 53.0 cm³/mol. The molecule has 0 amide bonds. The fourth-order valence-electron chi connectivity index (χ4n) is 1.01. The topological polar surface area (TPSA) is 59.0 Å². The predicted octanol–water partition coefficient (Wildman–Crippen LogP) is 2.34. The molecular formula is C9H8ClF3N2O. The van der Waals surface area contributed by atoms with Crippen LogP contribution in [0.3, 0.4) is 0 Å². The summed E-state index contributed by atoms with van der Waals surface area (Å²) in [7, 11) is 0. The Morgan fingerprint density at radius 2 is 2.00 bits per heavy atom. The maximum atomic E-state index is 11.9. The first kappa shape index (κ1) is 14.6. The second-order valence-electron chi connectivity index (χ2n) is 2.69. The number of nitriles is 1. The summed E-state index contributed by atoms with van der Waals surface area (Å²) in [5.74, 6) is -0.427. The van der Waals surface area contributed by atoms with Crippen LogP contribution < -0.4 is 10.5 Å². The summed E-state index contributed by atoms with van der Waals surface area (Å²) in [6.45, 7) is -0.0862. The smallest absolute Gasteiger partial charge is 0.405 e. The molecule has 1 aromatic carbocycles. The van der Waals surface area contributed by atoms with Gasteiger partial charge in [-0.15, -0.1) is 25.6 Å². The van der Waals surface area contributed by atoms with Gasteiger partial charge in [-0.1, -0.05) is 6.07 Å². The highest BCUT2D eigenvalue weighted by Gasteiger charge is 2.32. The fraction of sp³-hybridized carbons (Fsp3) is 0.222. The lowest BCUT2D eigenvalue weighted by molar-refractivity contribution is -0.274. The van der Waals surface area contributed by atoms with Crippen LogP contribution in [0.15, 0.2) is 18.2 Å². The number of nitrogens with zero attached hydrogens (tertiary/aromatic N) is 1. The summed E-state index contributed by atoms with van der Waals surface area (Å²) >= 11 is 0. The van der Waals surface area contributed by atoms with Gasteiger partial charge < -0.3 is 10.5 Å². The lowest BCUT2D eigenvalue weighted by Crippen LogP contribution is -2.18. The Balaban J connectivity index is 0.00000225. The molecular weight excluding hydrogens is 245 g/mol. The van der Waals surface area contributed by atoms with E-state index in [9.17, 15) is 13.2 Å². The van der Waals surface area contributed by atoms with Gasteiger partial charge in [-0.3, -0.25) is 0 Å². The van der Waals surface area contributed by atoms with Crippen molar-refractivity contribution in [3.05, 3.63) is 29.3 Å². The van der Waals surface area contributed by atoms with E-state index in [-0.39, 0.29) is 30.1 Å². The highest BCUT2D eigenvalue weighted by atomic mass is 35.5. The highest BCUT2D eigenvalue weighted by Crippen LogP contribution is 2.27. The Hall–Kier alpha value is -1.45. The molecule has 0 radical (unpaired) electrons. The molecule has 0 unspecified atom stereocenters. The molecule has 0 aliphatic carbocycles. The van der Waals surface area contributed by atoms with E-state index >= 15 is 0 Å². The summed E-state index contributed by atoms with van der Waals surface area (Å²) in [6, 6.07) is 5.44. The van der Waals surface area contributed by atoms with Crippen molar-refractivity contribution >= 4 is 12.4 Å². The molecule has 3 nitrogen and oxygen atoms in total. The summed E-state index contributed by atoms with van der Waals surface area (Å²) in [5.41, 5.74) is 5.52. The van der Waals surface area contributed by atoms with Crippen molar-refractivity contribution in [3.63, 3.8) is 0 Å². The molecule has 0 heterocycles. The summed E-state index contributed by atoms with van der Waals surface area (Å²) in [4.78, 5) is 0. The Bertz CT molecular complexity index is 401. The second-order valence-corrected chi connectivity index (χ2v) is 2.69. The molecule has 1 rings (SSSR count). The number of benzene rings is 1. The monoisotopic (exact) mass is 252 g/mol. The zero-order valence-electron chi connectivity index (χ0n) is 7.91. The van der Waals surface area contributed by atoms with Gasteiger partial charge in [0.15, 0.2) is 0 Å². The van der Waals surface area contributed by atoms with Crippen LogP contribution in [0.4, 0.5) is 13.2 Å². The quantitative estimate of drug-likeness (QED) is 0.879. The lowest BCUT2D eigenvalue weighted by Gasteiger charge is -2.12. The number of halogens is 4. The minimum atomic E-state index is -4.78. The first-order chi connectivity index (χ1) is 6.96. The van der Waals surface area contributed by atoms with E-state index in [1.54, 1.807) is 6.07 Å².